The first-order valence-corrected chi connectivity index (χ1v) is 9.17. The first-order chi connectivity index (χ1) is 10.4. The van der Waals surface area contributed by atoms with Gasteiger partial charge in [-0.25, -0.2) is 18.4 Å². The second-order valence-corrected chi connectivity index (χ2v) is 7.31. The summed E-state index contributed by atoms with van der Waals surface area (Å²) in [7, 11) is -3.76. The lowest BCUT2D eigenvalue weighted by Gasteiger charge is -2.21. The largest absolute Gasteiger partial charge is 0.338 e. The van der Waals surface area contributed by atoms with Gasteiger partial charge in [-0.1, -0.05) is 38.2 Å². The minimum absolute atomic E-state index is 0.0208. The molecular weight excluding hydrogens is 302 g/mol. The quantitative estimate of drug-likeness (QED) is 0.775. The van der Waals surface area contributed by atoms with Crippen molar-refractivity contribution in [2.24, 2.45) is 11.1 Å². The summed E-state index contributed by atoms with van der Waals surface area (Å²) < 4.78 is 22.5. The number of nitrogens with two attached hydrogens (primary N) is 1. The number of sulfonamides is 1. The number of amides is 2. The topological polar surface area (TPSA) is 101 Å². The standard InChI is InChI=1S/C15H23N3O3S/c16-22(20,21)14-8-4-7-13(11-14)18-15(19)17-10-9-12-5-2-1-3-6-12/h4,7-8,11-12H,1-3,5-6,9-10H2,(H2,16,20,21)(H2,17,18,19). The molecule has 1 aliphatic rings. The van der Waals surface area contributed by atoms with Gasteiger partial charge in [-0.05, 0) is 30.5 Å². The van der Waals surface area contributed by atoms with Gasteiger partial charge in [-0.2, -0.15) is 0 Å². The number of anilines is 1. The van der Waals surface area contributed by atoms with Crippen molar-refractivity contribution < 1.29 is 13.2 Å². The van der Waals surface area contributed by atoms with E-state index < -0.39 is 10.0 Å². The third kappa shape index (κ3) is 5.31. The van der Waals surface area contributed by atoms with Crippen LogP contribution in [0.3, 0.4) is 0 Å². The van der Waals surface area contributed by atoms with Gasteiger partial charge in [0.1, 0.15) is 0 Å². The van der Waals surface area contributed by atoms with Gasteiger partial charge in [0.15, 0.2) is 0 Å². The van der Waals surface area contributed by atoms with Gasteiger partial charge in [0.25, 0.3) is 0 Å². The molecule has 1 fully saturated rings. The van der Waals surface area contributed by atoms with Crippen LogP contribution in [0.4, 0.5) is 10.5 Å². The number of urea groups is 1. The zero-order valence-electron chi connectivity index (χ0n) is 12.5. The van der Waals surface area contributed by atoms with Crippen molar-refractivity contribution in [1.29, 1.82) is 0 Å². The van der Waals surface area contributed by atoms with E-state index in [2.05, 4.69) is 10.6 Å². The van der Waals surface area contributed by atoms with Crippen LogP contribution in [0.5, 0.6) is 0 Å². The lowest BCUT2D eigenvalue weighted by Crippen LogP contribution is -2.30. The monoisotopic (exact) mass is 325 g/mol. The van der Waals surface area contributed by atoms with E-state index in [9.17, 15) is 13.2 Å². The van der Waals surface area contributed by atoms with Gasteiger partial charge in [0, 0.05) is 12.2 Å². The highest BCUT2D eigenvalue weighted by atomic mass is 32.2. The van der Waals surface area contributed by atoms with Crippen LogP contribution in [-0.4, -0.2) is 21.0 Å². The van der Waals surface area contributed by atoms with E-state index >= 15 is 0 Å². The maximum atomic E-state index is 11.8. The van der Waals surface area contributed by atoms with Crippen LogP contribution in [-0.2, 0) is 10.0 Å². The van der Waals surface area contributed by atoms with Crippen LogP contribution in [0.1, 0.15) is 38.5 Å². The summed E-state index contributed by atoms with van der Waals surface area (Å²) in [5.74, 6) is 0.708. The molecule has 0 spiro atoms. The Morgan fingerprint density at radius 3 is 2.64 bits per heavy atom. The molecule has 2 rings (SSSR count). The van der Waals surface area contributed by atoms with Gasteiger partial charge in [0.2, 0.25) is 10.0 Å². The fourth-order valence-electron chi connectivity index (χ4n) is 2.79. The van der Waals surface area contributed by atoms with Crippen LogP contribution in [0.2, 0.25) is 0 Å². The molecule has 2 amide bonds. The number of carbonyl (C=O) groups excluding carboxylic acids is 1. The van der Waals surface area contributed by atoms with Crippen LogP contribution in [0, 0.1) is 5.92 Å². The Labute approximate surface area is 131 Å². The highest BCUT2D eigenvalue weighted by Crippen LogP contribution is 2.25. The second kappa shape index (κ2) is 7.60. The predicted octanol–water partition coefficient (Wildman–Crippen LogP) is 2.43. The van der Waals surface area contributed by atoms with E-state index in [1.165, 1.54) is 50.3 Å². The van der Waals surface area contributed by atoms with Crippen LogP contribution < -0.4 is 15.8 Å². The molecular formula is C15H23N3O3S. The van der Waals surface area contributed by atoms with Crippen molar-refractivity contribution in [1.82, 2.24) is 5.32 Å². The molecule has 0 saturated heterocycles. The van der Waals surface area contributed by atoms with Gasteiger partial charge < -0.3 is 10.6 Å². The number of primary sulfonamides is 1. The van der Waals surface area contributed by atoms with Crippen molar-refractivity contribution in [3.8, 4) is 0 Å². The maximum Gasteiger partial charge on any atom is 0.319 e. The lowest BCUT2D eigenvalue weighted by atomic mass is 9.87. The second-order valence-electron chi connectivity index (χ2n) is 5.75. The molecule has 22 heavy (non-hydrogen) atoms. The van der Waals surface area contributed by atoms with E-state index in [-0.39, 0.29) is 10.9 Å². The Kier molecular flexibility index (Phi) is 5.79. The maximum absolute atomic E-state index is 11.8. The van der Waals surface area contributed by atoms with E-state index in [1.54, 1.807) is 6.07 Å². The summed E-state index contributed by atoms with van der Waals surface area (Å²) in [4.78, 5) is 11.8. The molecule has 0 aromatic heterocycles. The van der Waals surface area contributed by atoms with Crippen molar-refractivity contribution in [3.05, 3.63) is 24.3 Å². The Bertz CT molecular complexity index is 610. The van der Waals surface area contributed by atoms with Crippen molar-refractivity contribution in [2.45, 2.75) is 43.4 Å². The van der Waals surface area contributed by atoms with E-state index in [0.29, 0.717) is 18.2 Å². The molecule has 1 aromatic carbocycles. The summed E-state index contributed by atoms with van der Waals surface area (Å²) in [6, 6.07) is 5.56. The molecule has 4 N–H and O–H groups in total. The van der Waals surface area contributed by atoms with Crippen LogP contribution in [0.15, 0.2) is 29.2 Å². The molecule has 7 heteroatoms. The average Bonchev–Trinajstić information content (AvgIpc) is 2.48. The molecule has 0 radical (unpaired) electrons. The van der Waals surface area contributed by atoms with E-state index in [1.807, 2.05) is 0 Å². The van der Waals surface area contributed by atoms with E-state index in [0.717, 1.165) is 6.42 Å². The zero-order valence-corrected chi connectivity index (χ0v) is 13.4. The Hall–Kier alpha value is -1.60. The van der Waals surface area contributed by atoms with E-state index in [4.69, 9.17) is 5.14 Å². The molecule has 0 atom stereocenters. The van der Waals surface area contributed by atoms with Crippen LogP contribution >= 0.6 is 0 Å². The molecule has 1 aromatic rings. The molecule has 0 aliphatic heterocycles. The molecule has 0 heterocycles. The van der Waals surface area contributed by atoms with Crippen LogP contribution in [0.25, 0.3) is 0 Å². The number of rotatable bonds is 5. The molecule has 0 bridgehead atoms. The summed E-state index contributed by atoms with van der Waals surface area (Å²) >= 11 is 0. The predicted molar refractivity (Wildman–Crippen MR) is 86.0 cm³/mol. The highest BCUT2D eigenvalue weighted by molar-refractivity contribution is 7.89. The van der Waals surface area contributed by atoms with Crippen molar-refractivity contribution in [2.75, 3.05) is 11.9 Å². The molecule has 122 valence electrons. The first kappa shape index (κ1) is 16.8. The van der Waals surface area contributed by atoms with Crippen molar-refractivity contribution >= 4 is 21.7 Å². The lowest BCUT2D eigenvalue weighted by molar-refractivity contribution is 0.250. The SMILES string of the molecule is NS(=O)(=O)c1cccc(NC(=O)NCCC2CCCCC2)c1. The third-order valence-electron chi connectivity index (χ3n) is 3.98. The molecule has 1 aliphatic carbocycles. The number of carbonyl (C=O) groups is 1. The van der Waals surface area contributed by atoms with Gasteiger partial charge in [-0.3, -0.25) is 0 Å². The van der Waals surface area contributed by atoms with Gasteiger partial charge in [-0.15, -0.1) is 0 Å². The fraction of sp³-hybridized carbons (Fsp3) is 0.533. The third-order valence-corrected chi connectivity index (χ3v) is 4.89. The summed E-state index contributed by atoms with van der Waals surface area (Å²) in [6.45, 7) is 0.630. The number of benzene rings is 1. The minimum Gasteiger partial charge on any atom is -0.338 e. The summed E-state index contributed by atoms with van der Waals surface area (Å²) in [5, 5.41) is 10.5. The number of nitrogens with one attached hydrogen (secondary N) is 2. The Balaban J connectivity index is 1.79. The molecule has 0 unspecified atom stereocenters. The Morgan fingerprint density at radius 1 is 1.23 bits per heavy atom. The zero-order chi connectivity index (χ0) is 16.0. The Morgan fingerprint density at radius 2 is 1.95 bits per heavy atom. The summed E-state index contributed by atoms with van der Waals surface area (Å²) in [6.07, 6.45) is 7.39. The number of hydrogen-bond acceptors (Lipinski definition) is 3. The average molecular weight is 325 g/mol. The highest BCUT2D eigenvalue weighted by Gasteiger charge is 2.13. The van der Waals surface area contributed by atoms with Crippen molar-refractivity contribution in [3.63, 3.8) is 0 Å². The smallest absolute Gasteiger partial charge is 0.319 e. The first-order valence-electron chi connectivity index (χ1n) is 7.63. The summed E-state index contributed by atoms with van der Waals surface area (Å²) in [5.41, 5.74) is 0.404. The normalized spacial score (nSPS) is 16.2. The molecule has 6 nitrogen and oxygen atoms in total. The fourth-order valence-corrected chi connectivity index (χ4v) is 3.35. The van der Waals surface area contributed by atoms with Gasteiger partial charge >= 0.3 is 6.03 Å². The number of hydrogen-bond donors (Lipinski definition) is 3. The minimum atomic E-state index is -3.76. The van der Waals surface area contributed by atoms with Gasteiger partial charge in [0.05, 0.1) is 4.90 Å². The molecule has 1 saturated carbocycles.